The van der Waals surface area contributed by atoms with E-state index in [9.17, 15) is 14.4 Å². The quantitative estimate of drug-likeness (QED) is 0.538. The van der Waals surface area contributed by atoms with Crippen LogP contribution in [0.25, 0.3) is 0 Å². The standard InChI is InChI=1S/C24H29ClN4O4/c1-15-10-11-17(12-18(15)25)29-21(30)20-13-19(22(31)33-3)27-28(20)14-24(29,2)23(32)26-16-8-6-4-5-7-9-16/h10-13,16H,4-9,14H2,1-3H3,(H,26,32). The van der Waals surface area contributed by atoms with Crippen molar-refractivity contribution >= 4 is 35.1 Å². The summed E-state index contributed by atoms with van der Waals surface area (Å²) in [5.41, 5.74) is 0.352. The number of halogens is 1. The van der Waals surface area contributed by atoms with Crippen LogP contribution in [0, 0.1) is 6.92 Å². The number of benzene rings is 1. The van der Waals surface area contributed by atoms with Crippen molar-refractivity contribution in [2.24, 2.45) is 0 Å². The van der Waals surface area contributed by atoms with Crippen molar-refractivity contribution in [3.63, 3.8) is 0 Å². The van der Waals surface area contributed by atoms with E-state index in [1.807, 2.05) is 13.0 Å². The molecule has 1 saturated carbocycles. The van der Waals surface area contributed by atoms with Gasteiger partial charge in [0.2, 0.25) is 5.91 Å². The molecule has 1 unspecified atom stereocenters. The minimum atomic E-state index is -1.27. The Balaban J connectivity index is 1.76. The molecule has 1 aromatic heterocycles. The molecule has 2 aliphatic rings. The van der Waals surface area contributed by atoms with Crippen LogP contribution in [0.3, 0.4) is 0 Å². The molecule has 1 fully saturated rings. The zero-order valence-electron chi connectivity index (χ0n) is 19.2. The molecule has 0 radical (unpaired) electrons. The number of methoxy groups -OCH3 is 1. The Morgan fingerprint density at radius 3 is 2.52 bits per heavy atom. The first-order valence-corrected chi connectivity index (χ1v) is 11.7. The van der Waals surface area contributed by atoms with E-state index in [4.69, 9.17) is 16.3 Å². The predicted molar refractivity (Wildman–Crippen MR) is 125 cm³/mol. The molecule has 1 aliphatic carbocycles. The third-order valence-electron chi connectivity index (χ3n) is 6.64. The second kappa shape index (κ2) is 9.17. The van der Waals surface area contributed by atoms with E-state index in [1.165, 1.54) is 35.6 Å². The lowest BCUT2D eigenvalue weighted by Gasteiger charge is -2.43. The van der Waals surface area contributed by atoms with Gasteiger partial charge in [-0.15, -0.1) is 0 Å². The van der Waals surface area contributed by atoms with Gasteiger partial charge < -0.3 is 10.1 Å². The van der Waals surface area contributed by atoms with E-state index >= 15 is 0 Å². The SMILES string of the molecule is COC(=O)c1cc2n(n1)CC(C)(C(=O)NC1CCCCCC1)N(c1ccc(C)c(Cl)c1)C2=O. The average Bonchev–Trinajstić information content (AvgIpc) is 3.04. The fourth-order valence-corrected chi connectivity index (χ4v) is 4.85. The van der Waals surface area contributed by atoms with Crippen LogP contribution in [0.4, 0.5) is 5.69 Å². The Bertz CT molecular complexity index is 1090. The topological polar surface area (TPSA) is 93.5 Å². The zero-order chi connectivity index (χ0) is 23.8. The highest BCUT2D eigenvalue weighted by molar-refractivity contribution is 6.31. The summed E-state index contributed by atoms with van der Waals surface area (Å²) in [5, 5.41) is 7.95. The number of hydrogen-bond donors (Lipinski definition) is 1. The van der Waals surface area contributed by atoms with Crippen LogP contribution < -0.4 is 10.2 Å². The summed E-state index contributed by atoms with van der Waals surface area (Å²) < 4.78 is 6.19. The molecule has 8 nitrogen and oxygen atoms in total. The minimum Gasteiger partial charge on any atom is -0.464 e. The third-order valence-corrected chi connectivity index (χ3v) is 7.05. The van der Waals surface area contributed by atoms with Gasteiger partial charge in [-0.25, -0.2) is 4.79 Å². The van der Waals surface area contributed by atoms with Gasteiger partial charge in [-0.2, -0.15) is 5.10 Å². The number of amides is 2. The van der Waals surface area contributed by atoms with Crippen LogP contribution in [0.5, 0.6) is 0 Å². The van der Waals surface area contributed by atoms with Gasteiger partial charge in [-0.1, -0.05) is 43.4 Å². The monoisotopic (exact) mass is 472 g/mol. The van der Waals surface area contributed by atoms with Crippen molar-refractivity contribution in [1.82, 2.24) is 15.1 Å². The number of nitrogens with one attached hydrogen (secondary N) is 1. The molecular weight excluding hydrogens is 444 g/mol. The van der Waals surface area contributed by atoms with Crippen LogP contribution >= 0.6 is 11.6 Å². The van der Waals surface area contributed by atoms with Crippen molar-refractivity contribution in [3.05, 3.63) is 46.2 Å². The summed E-state index contributed by atoms with van der Waals surface area (Å²) in [6.45, 7) is 3.70. The largest absolute Gasteiger partial charge is 0.464 e. The normalized spacial score (nSPS) is 21.3. The molecule has 0 spiro atoms. The summed E-state index contributed by atoms with van der Waals surface area (Å²) >= 11 is 6.37. The van der Waals surface area contributed by atoms with Gasteiger partial charge in [0.25, 0.3) is 5.91 Å². The number of aryl methyl sites for hydroxylation is 1. The lowest BCUT2D eigenvalue weighted by molar-refractivity contribution is -0.127. The van der Waals surface area contributed by atoms with E-state index in [0.717, 1.165) is 31.2 Å². The van der Waals surface area contributed by atoms with Crippen LogP contribution in [-0.4, -0.2) is 46.3 Å². The van der Waals surface area contributed by atoms with Gasteiger partial charge in [-0.3, -0.25) is 19.2 Å². The maximum atomic E-state index is 13.7. The summed E-state index contributed by atoms with van der Waals surface area (Å²) in [7, 11) is 1.26. The Hall–Kier alpha value is -2.87. The number of carbonyl (C=O) groups is 3. The maximum absolute atomic E-state index is 13.7. The van der Waals surface area contributed by atoms with Crippen molar-refractivity contribution in [3.8, 4) is 0 Å². The molecule has 1 aliphatic heterocycles. The highest BCUT2D eigenvalue weighted by atomic mass is 35.5. The van der Waals surface area contributed by atoms with E-state index < -0.39 is 17.4 Å². The molecule has 2 aromatic rings. The number of fused-ring (bicyclic) bond motifs is 1. The first kappa shape index (κ1) is 23.3. The van der Waals surface area contributed by atoms with E-state index in [-0.39, 0.29) is 29.9 Å². The lowest BCUT2D eigenvalue weighted by atomic mass is 9.93. The van der Waals surface area contributed by atoms with E-state index in [1.54, 1.807) is 19.1 Å². The molecule has 1 N–H and O–H groups in total. The average molecular weight is 473 g/mol. The molecule has 0 bridgehead atoms. The minimum absolute atomic E-state index is 0.0242. The van der Waals surface area contributed by atoms with Crippen LogP contribution in [0.1, 0.15) is 72.0 Å². The number of nitrogens with zero attached hydrogens (tertiary/aromatic N) is 3. The molecule has 176 valence electrons. The summed E-state index contributed by atoms with van der Waals surface area (Å²) in [6.07, 6.45) is 6.33. The van der Waals surface area contributed by atoms with Gasteiger partial charge in [0.05, 0.1) is 13.7 Å². The van der Waals surface area contributed by atoms with Gasteiger partial charge in [-0.05, 0) is 44.4 Å². The molecule has 9 heteroatoms. The molecule has 2 amide bonds. The number of esters is 1. The second-order valence-electron chi connectivity index (χ2n) is 9.07. The van der Waals surface area contributed by atoms with Gasteiger partial charge in [0.15, 0.2) is 5.69 Å². The Morgan fingerprint density at radius 2 is 1.88 bits per heavy atom. The maximum Gasteiger partial charge on any atom is 0.358 e. The molecule has 1 aromatic carbocycles. The Morgan fingerprint density at radius 1 is 1.18 bits per heavy atom. The number of carbonyl (C=O) groups excluding carboxylic acids is 3. The summed E-state index contributed by atoms with van der Waals surface area (Å²) in [4.78, 5) is 40.9. The highest BCUT2D eigenvalue weighted by Gasteiger charge is 2.49. The molecule has 33 heavy (non-hydrogen) atoms. The molecule has 1 atom stereocenters. The van der Waals surface area contributed by atoms with Crippen molar-refractivity contribution in [2.75, 3.05) is 12.0 Å². The fraction of sp³-hybridized carbons (Fsp3) is 0.500. The lowest BCUT2D eigenvalue weighted by Crippen LogP contribution is -2.65. The first-order valence-electron chi connectivity index (χ1n) is 11.3. The zero-order valence-corrected chi connectivity index (χ0v) is 19.9. The third kappa shape index (κ3) is 4.36. The molecule has 2 heterocycles. The molecule has 4 rings (SSSR count). The van der Waals surface area contributed by atoms with Crippen LogP contribution in [0.2, 0.25) is 5.02 Å². The first-order chi connectivity index (χ1) is 15.7. The number of hydrogen-bond acceptors (Lipinski definition) is 5. The Labute approximate surface area is 198 Å². The summed E-state index contributed by atoms with van der Waals surface area (Å²) in [6, 6.07) is 6.77. The van der Waals surface area contributed by atoms with E-state index in [0.29, 0.717) is 10.7 Å². The van der Waals surface area contributed by atoms with Gasteiger partial charge in [0, 0.05) is 22.8 Å². The Kier molecular flexibility index (Phi) is 6.47. The van der Waals surface area contributed by atoms with Crippen LogP contribution in [0.15, 0.2) is 24.3 Å². The fourth-order valence-electron chi connectivity index (χ4n) is 4.68. The van der Waals surface area contributed by atoms with Gasteiger partial charge in [0.1, 0.15) is 11.2 Å². The number of rotatable bonds is 4. The van der Waals surface area contributed by atoms with E-state index in [2.05, 4.69) is 10.4 Å². The summed E-state index contributed by atoms with van der Waals surface area (Å²) in [5.74, 6) is -1.32. The number of anilines is 1. The van der Waals surface area contributed by atoms with Crippen molar-refractivity contribution < 1.29 is 19.1 Å². The highest BCUT2D eigenvalue weighted by Crippen LogP contribution is 2.35. The van der Waals surface area contributed by atoms with Crippen molar-refractivity contribution in [2.45, 2.75) is 70.5 Å². The number of ether oxygens (including phenoxy) is 1. The van der Waals surface area contributed by atoms with Crippen molar-refractivity contribution in [1.29, 1.82) is 0 Å². The molecular formula is C24H29ClN4O4. The molecule has 0 saturated heterocycles. The van der Waals surface area contributed by atoms with Crippen LogP contribution in [-0.2, 0) is 16.1 Å². The van der Waals surface area contributed by atoms with Gasteiger partial charge >= 0.3 is 5.97 Å². The smallest absolute Gasteiger partial charge is 0.358 e. The predicted octanol–water partition coefficient (Wildman–Crippen LogP) is 3.89. The number of aromatic nitrogens is 2. The second-order valence-corrected chi connectivity index (χ2v) is 9.48.